The Morgan fingerprint density at radius 3 is 1.76 bits per heavy atom. The number of carbonyl (C=O) groups excluding carboxylic acids is 12. The van der Waals surface area contributed by atoms with Crippen molar-refractivity contribution in [3.05, 3.63) is 59.7 Å². The minimum atomic E-state index is -1.98. The molecule has 3 aliphatic heterocycles. The number of unbranched alkanes of at least 4 members (excludes halogenated alkanes) is 10. The Labute approximate surface area is 606 Å². The maximum Gasteiger partial charge on any atom is 0.334 e. The molecule has 2 aromatic rings. The van der Waals surface area contributed by atoms with Crippen molar-refractivity contribution in [1.29, 1.82) is 0 Å². The zero-order chi connectivity index (χ0) is 77.0. The normalized spacial score (nSPS) is 21.9. The van der Waals surface area contributed by atoms with E-state index >= 15 is 0 Å². The first-order valence-electron chi connectivity index (χ1n) is 36.3. The lowest BCUT2D eigenvalue weighted by atomic mass is 9.97. The first-order chi connectivity index (χ1) is 49.4. The number of fused-ring (bicyclic) bond motifs is 23. The Hall–Kier alpha value is -9.30. The van der Waals surface area contributed by atoms with Crippen LogP contribution < -0.4 is 64.1 Å². The largest absolute Gasteiger partial charge is 0.508 e. The molecule has 578 valence electrons. The number of aromatic hydroxyl groups is 1. The van der Waals surface area contributed by atoms with Gasteiger partial charge in [-0.15, -0.1) is 0 Å². The van der Waals surface area contributed by atoms with Crippen molar-refractivity contribution in [2.75, 3.05) is 13.1 Å². The maximum absolute atomic E-state index is 14.8. The van der Waals surface area contributed by atoms with Gasteiger partial charge in [-0.25, -0.2) is 4.79 Å². The molecule has 3 heterocycles. The number of hydrogen-bond acceptors (Lipinski definition) is 19. The molecule has 1 unspecified atom stereocenters. The molecule has 0 aliphatic carbocycles. The van der Waals surface area contributed by atoms with Gasteiger partial charge in [0.1, 0.15) is 71.9 Å². The summed E-state index contributed by atoms with van der Waals surface area (Å²) in [6.45, 7) is 7.83. The second-order valence-corrected chi connectivity index (χ2v) is 27.1. The number of phenols is 1. The van der Waals surface area contributed by atoms with E-state index in [-0.39, 0.29) is 62.3 Å². The first-order valence-corrected chi connectivity index (χ1v) is 36.3. The van der Waals surface area contributed by atoms with E-state index in [4.69, 9.17) is 16.2 Å². The minimum Gasteiger partial charge on any atom is -0.508 e. The van der Waals surface area contributed by atoms with Crippen LogP contribution in [0.2, 0.25) is 0 Å². The molecule has 0 spiro atoms. The number of phenolic OH excluding ortho intramolecular Hbond substituents is 1. The zero-order valence-corrected chi connectivity index (χ0v) is 60.4. The highest BCUT2D eigenvalue weighted by Crippen LogP contribution is 2.23. The number of nitrogens with two attached hydrogens (primary N) is 2. The van der Waals surface area contributed by atoms with Gasteiger partial charge in [-0.3, -0.25) is 62.3 Å². The number of primary amides is 1. The van der Waals surface area contributed by atoms with E-state index in [1.54, 1.807) is 13.8 Å². The molecule has 32 nitrogen and oxygen atoms in total. The zero-order valence-electron chi connectivity index (χ0n) is 60.4. The molecule has 2 bridgehead atoms. The van der Waals surface area contributed by atoms with Crippen LogP contribution in [0.3, 0.4) is 0 Å². The standard InChI is InChI=1S/C72H110N12O20/c1-6-8-9-10-11-12-13-14-15-16-17-20-48(87)41-58(89)76-51(32-35-59(90)91)65(96)77-50(21-18-37-73)64(95)80-55-40-46-25-29-49(30-26-46)104-72(103)61(42(3)7-2)82-67(98)54(39-45-23-27-47(86)28-24-45)81-66(97)52(31-34-57(74)88)78-69(100)56-22-19-38-84(56)71(102)43(4)75-63(94)53(33-36-60(92)93)79-70(101)62(44(5)85)83-68(55)99/h23-30,42-44,48,50-56,61-62,85-87H,6-22,31-41,73H2,1-5H3,(H2,74,88)(H,75,94)(H,76,89)(H,77,96)(H,78,100)(H,79,101)(H,80,95)(H,81,97)(H,82,98)(H,83,99)(H,90,91)(H,92,93)/t42-,43+,44+,48?,50-,51-,52-,53-,54-,55-,56-,61-,62-/m0/s1. The lowest BCUT2D eigenvalue weighted by Crippen LogP contribution is -2.62. The quantitative estimate of drug-likeness (QED) is 0.0196. The Morgan fingerprint density at radius 1 is 0.615 bits per heavy atom. The van der Waals surface area contributed by atoms with Gasteiger partial charge in [-0.2, -0.15) is 0 Å². The smallest absolute Gasteiger partial charge is 0.334 e. The molecular weight excluding hydrogens is 1350 g/mol. The fourth-order valence-electron chi connectivity index (χ4n) is 12.1. The number of aliphatic hydroxyl groups is 2. The first kappa shape index (κ1) is 87.1. The number of esters is 1. The van der Waals surface area contributed by atoms with Crippen LogP contribution in [0.1, 0.15) is 200 Å². The van der Waals surface area contributed by atoms with Gasteiger partial charge < -0.3 is 94.5 Å². The molecule has 18 N–H and O–H groups in total. The van der Waals surface area contributed by atoms with E-state index in [0.29, 0.717) is 24.8 Å². The van der Waals surface area contributed by atoms with Crippen LogP contribution >= 0.6 is 0 Å². The van der Waals surface area contributed by atoms with Crippen LogP contribution in [0.15, 0.2) is 48.5 Å². The Bertz CT molecular complexity index is 3190. The number of aliphatic hydroxyl groups excluding tert-OH is 2. The fraction of sp³-hybridized carbons (Fsp3) is 0.639. The number of nitrogens with one attached hydrogen (secondary N) is 9. The summed E-state index contributed by atoms with van der Waals surface area (Å²) < 4.78 is 5.82. The number of ether oxygens (including phenoxy) is 1. The molecule has 13 atom stereocenters. The van der Waals surface area contributed by atoms with Crippen molar-refractivity contribution in [3.8, 4) is 11.5 Å². The van der Waals surface area contributed by atoms with Gasteiger partial charge in [0.25, 0.3) is 0 Å². The highest BCUT2D eigenvalue weighted by Gasteiger charge is 2.41. The highest BCUT2D eigenvalue weighted by molar-refractivity contribution is 5.99. The van der Waals surface area contributed by atoms with E-state index in [9.17, 15) is 92.7 Å². The van der Waals surface area contributed by atoms with Gasteiger partial charge >= 0.3 is 17.9 Å². The molecular formula is C72H110N12O20. The number of nitrogens with zero attached hydrogens (tertiary/aromatic N) is 1. The number of hydrogen-bond donors (Lipinski definition) is 16. The highest BCUT2D eigenvalue weighted by atomic mass is 16.5. The molecule has 0 aromatic heterocycles. The van der Waals surface area contributed by atoms with E-state index in [0.717, 1.165) is 43.9 Å². The van der Waals surface area contributed by atoms with Crippen molar-refractivity contribution in [3.63, 3.8) is 0 Å². The van der Waals surface area contributed by atoms with E-state index < -0.39 is 213 Å². The molecule has 2 aromatic carbocycles. The third-order valence-electron chi connectivity index (χ3n) is 18.4. The summed E-state index contributed by atoms with van der Waals surface area (Å²) in [5.74, 6) is -15.4. The van der Waals surface area contributed by atoms with E-state index in [1.807, 2.05) is 0 Å². The number of rotatable bonds is 36. The summed E-state index contributed by atoms with van der Waals surface area (Å²) >= 11 is 0. The van der Waals surface area contributed by atoms with Crippen LogP contribution in [0, 0.1) is 5.92 Å². The maximum atomic E-state index is 14.8. The summed E-state index contributed by atoms with van der Waals surface area (Å²) in [6, 6.07) is -4.87. The van der Waals surface area contributed by atoms with Gasteiger partial charge in [0, 0.05) is 38.6 Å². The predicted octanol–water partition coefficient (Wildman–Crippen LogP) is 1.08. The number of carbonyl (C=O) groups is 14. The molecule has 0 radical (unpaired) electrons. The number of benzene rings is 2. The number of aliphatic carboxylic acids is 2. The lowest BCUT2D eigenvalue weighted by molar-refractivity contribution is -0.143. The van der Waals surface area contributed by atoms with Crippen molar-refractivity contribution in [1.82, 2.24) is 52.8 Å². The second-order valence-electron chi connectivity index (χ2n) is 27.1. The molecule has 11 amide bonds. The molecule has 32 heteroatoms. The number of carboxylic acids is 2. The van der Waals surface area contributed by atoms with Crippen LogP contribution in [-0.4, -0.2) is 199 Å². The summed E-state index contributed by atoms with van der Waals surface area (Å²) in [4.78, 5) is 195. The topological polar surface area (TPSA) is 513 Å². The van der Waals surface area contributed by atoms with Crippen LogP contribution in [0.5, 0.6) is 11.5 Å². The van der Waals surface area contributed by atoms with Gasteiger partial charge in [0.2, 0.25) is 65.0 Å². The second kappa shape index (κ2) is 45.7. The molecule has 3 aliphatic rings. The third-order valence-corrected chi connectivity index (χ3v) is 18.4. The van der Waals surface area contributed by atoms with Crippen molar-refractivity contribution < 1.29 is 97.4 Å². The molecule has 1 saturated heterocycles. The average molecular weight is 1460 g/mol. The monoisotopic (exact) mass is 1460 g/mol. The summed E-state index contributed by atoms with van der Waals surface area (Å²) in [5, 5.41) is 74.1. The fourth-order valence-corrected chi connectivity index (χ4v) is 12.1. The Morgan fingerprint density at radius 2 is 1.17 bits per heavy atom. The van der Waals surface area contributed by atoms with Crippen molar-refractivity contribution in [2.24, 2.45) is 17.4 Å². The van der Waals surface area contributed by atoms with Crippen LogP contribution in [0.4, 0.5) is 0 Å². The minimum absolute atomic E-state index is 0.0222. The van der Waals surface area contributed by atoms with Crippen LogP contribution in [0.25, 0.3) is 0 Å². The molecule has 5 rings (SSSR count). The van der Waals surface area contributed by atoms with Gasteiger partial charge in [0.05, 0.1) is 18.6 Å². The van der Waals surface area contributed by atoms with E-state index in [1.165, 1.54) is 87.6 Å². The van der Waals surface area contributed by atoms with Crippen molar-refractivity contribution >= 4 is 82.9 Å². The molecule has 1 fully saturated rings. The van der Waals surface area contributed by atoms with Gasteiger partial charge in [0.15, 0.2) is 0 Å². The van der Waals surface area contributed by atoms with E-state index in [2.05, 4.69) is 54.8 Å². The predicted molar refractivity (Wildman–Crippen MR) is 379 cm³/mol. The number of carboxylic acid groups (broad SMARTS) is 2. The van der Waals surface area contributed by atoms with Crippen LogP contribution in [-0.2, 0) is 80.0 Å². The Balaban J connectivity index is 1.75. The van der Waals surface area contributed by atoms with Gasteiger partial charge in [-0.05, 0) is 113 Å². The molecule has 104 heavy (non-hydrogen) atoms. The summed E-state index contributed by atoms with van der Waals surface area (Å²) in [7, 11) is 0. The lowest BCUT2D eigenvalue weighted by Gasteiger charge is -2.30. The third kappa shape index (κ3) is 31.0. The summed E-state index contributed by atoms with van der Waals surface area (Å²) in [5.41, 5.74) is 12.0. The number of amides is 11. The van der Waals surface area contributed by atoms with Gasteiger partial charge in [-0.1, -0.05) is 122 Å². The molecule has 0 saturated carbocycles. The SMILES string of the molecule is CCCCCCCCCCCCCC(O)CC(=O)N[C@@H](CCC(=O)O)C(=O)N[C@@H](CCCN)C(=O)N[C@H]1Cc2ccc(cc2)OC(=O)[C@H]([C@@H](C)CC)NC(=O)[C@H](Cc2ccc(O)cc2)NC(=O)[C@H](CCC(N)=O)NC(=O)[C@@H]2CCCN2C(=O)[C@@H](C)NC(=O)[C@H](CCC(=O)O)NC(=O)[C@H]([C@@H](C)O)NC1=O. The average Bonchev–Trinajstić information content (AvgIpc) is 1.55. The van der Waals surface area contributed by atoms with Crippen molar-refractivity contribution in [2.45, 2.75) is 274 Å². The Kier molecular flexibility index (Phi) is 38.3. The summed E-state index contributed by atoms with van der Waals surface area (Å²) in [6.07, 6.45) is 5.34.